The molecule has 2 aromatic rings. The van der Waals surface area contributed by atoms with Crippen molar-refractivity contribution in [2.24, 2.45) is 4.99 Å². The van der Waals surface area contributed by atoms with Crippen LogP contribution in [0.3, 0.4) is 0 Å². The lowest BCUT2D eigenvalue weighted by Gasteiger charge is -2.20. The maximum Gasteiger partial charge on any atom is 0.191 e. The van der Waals surface area contributed by atoms with Gasteiger partial charge >= 0.3 is 0 Å². The van der Waals surface area contributed by atoms with Crippen LogP contribution in [0.15, 0.2) is 47.5 Å². The third kappa shape index (κ3) is 7.36. The first-order valence-electron chi connectivity index (χ1n) is 10.8. The lowest BCUT2D eigenvalue weighted by atomic mass is 10.1. The second-order valence-electron chi connectivity index (χ2n) is 6.95. The van der Waals surface area contributed by atoms with Gasteiger partial charge in [0.15, 0.2) is 17.5 Å². The molecule has 2 unspecified atom stereocenters. The van der Waals surface area contributed by atoms with Gasteiger partial charge in [-0.1, -0.05) is 18.2 Å². The molecule has 0 heterocycles. The molecule has 0 spiro atoms. The number of guanidine groups is 1. The van der Waals surface area contributed by atoms with E-state index in [9.17, 15) is 5.11 Å². The number of hydrogen-bond donors (Lipinski definition) is 3. The molecule has 0 bridgehead atoms. The predicted molar refractivity (Wildman–Crippen MR) is 124 cm³/mol. The Bertz CT molecular complexity index is 841. The van der Waals surface area contributed by atoms with Crippen LogP contribution in [0.5, 0.6) is 17.2 Å². The van der Waals surface area contributed by atoms with E-state index in [2.05, 4.69) is 22.5 Å². The van der Waals surface area contributed by atoms with Crippen molar-refractivity contribution >= 4 is 5.96 Å². The van der Waals surface area contributed by atoms with Gasteiger partial charge < -0.3 is 30.0 Å². The fourth-order valence-corrected chi connectivity index (χ4v) is 3.08. The highest BCUT2D eigenvalue weighted by molar-refractivity contribution is 5.80. The second kappa shape index (κ2) is 12.7. The number of benzene rings is 2. The smallest absolute Gasteiger partial charge is 0.191 e. The Labute approximate surface area is 185 Å². The Morgan fingerprint density at radius 3 is 2.42 bits per heavy atom. The van der Waals surface area contributed by atoms with Crippen molar-refractivity contribution < 1.29 is 19.3 Å². The molecular formula is C24H35N3O4. The Morgan fingerprint density at radius 1 is 1.00 bits per heavy atom. The highest BCUT2D eigenvalue weighted by Crippen LogP contribution is 2.30. The lowest BCUT2D eigenvalue weighted by Crippen LogP contribution is -2.39. The number of aliphatic hydroxyl groups is 1. The molecule has 0 amide bonds. The van der Waals surface area contributed by atoms with E-state index in [4.69, 9.17) is 14.2 Å². The number of aliphatic hydroxyl groups excluding tert-OH is 1. The van der Waals surface area contributed by atoms with E-state index in [1.165, 1.54) is 0 Å². The van der Waals surface area contributed by atoms with Crippen molar-refractivity contribution in [1.82, 2.24) is 10.6 Å². The van der Waals surface area contributed by atoms with Crippen LogP contribution in [0, 0.1) is 0 Å². The molecule has 31 heavy (non-hydrogen) atoms. The predicted octanol–water partition coefficient (Wildman–Crippen LogP) is 3.84. The van der Waals surface area contributed by atoms with Crippen LogP contribution < -0.4 is 24.8 Å². The molecule has 0 radical (unpaired) electrons. The molecule has 0 aliphatic heterocycles. The molecule has 0 aliphatic carbocycles. The SMILES string of the molecule is CCNC(=NCC(O)c1cccc(OC)c1)NC(C)c1ccc(OCC)c(OCC)c1. The first-order chi connectivity index (χ1) is 15.0. The number of methoxy groups -OCH3 is 1. The minimum atomic E-state index is -0.726. The first-order valence-corrected chi connectivity index (χ1v) is 10.8. The van der Waals surface area contributed by atoms with Crippen molar-refractivity contribution in [2.45, 2.75) is 39.8 Å². The monoisotopic (exact) mass is 429 g/mol. The summed E-state index contributed by atoms with van der Waals surface area (Å²) in [6.45, 7) is 10.0. The second-order valence-corrected chi connectivity index (χ2v) is 6.95. The van der Waals surface area contributed by atoms with Crippen molar-refractivity contribution in [2.75, 3.05) is 33.4 Å². The summed E-state index contributed by atoms with van der Waals surface area (Å²) in [4.78, 5) is 4.56. The van der Waals surface area contributed by atoms with Gasteiger partial charge in [-0.2, -0.15) is 0 Å². The maximum atomic E-state index is 10.5. The van der Waals surface area contributed by atoms with Crippen molar-refractivity contribution in [3.05, 3.63) is 53.6 Å². The van der Waals surface area contributed by atoms with Gasteiger partial charge in [-0.25, -0.2) is 0 Å². The first kappa shape index (κ1) is 24.3. The van der Waals surface area contributed by atoms with Gasteiger partial charge in [0.05, 0.1) is 39.0 Å². The highest BCUT2D eigenvalue weighted by Gasteiger charge is 2.14. The maximum absolute atomic E-state index is 10.5. The van der Waals surface area contributed by atoms with Gasteiger partial charge in [-0.15, -0.1) is 0 Å². The van der Waals surface area contributed by atoms with E-state index < -0.39 is 6.10 Å². The Morgan fingerprint density at radius 2 is 1.74 bits per heavy atom. The largest absolute Gasteiger partial charge is 0.497 e. The van der Waals surface area contributed by atoms with Crippen molar-refractivity contribution in [1.29, 1.82) is 0 Å². The fraction of sp³-hybridized carbons (Fsp3) is 0.458. The standard InChI is InChI=1S/C24H35N3O4/c1-6-25-24(26-16-21(28)19-10-9-11-20(14-19)29-5)27-17(4)18-12-13-22(30-7-2)23(15-18)31-8-3/h9-15,17,21,28H,6-8,16H2,1-5H3,(H2,25,26,27). The molecule has 2 aromatic carbocycles. The highest BCUT2D eigenvalue weighted by atomic mass is 16.5. The zero-order chi connectivity index (χ0) is 22.6. The topological polar surface area (TPSA) is 84.3 Å². The van der Waals surface area contributed by atoms with Crippen molar-refractivity contribution in [3.63, 3.8) is 0 Å². The normalized spacial score (nSPS) is 13.3. The van der Waals surface area contributed by atoms with Crippen LogP contribution in [-0.4, -0.2) is 44.5 Å². The lowest BCUT2D eigenvalue weighted by molar-refractivity contribution is 0.186. The molecule has 0 saturated heterocycles. The number of rotatable bonds is 11. The van der Waals surface area contributed by atoms with Gasteiger partial charge in [0.2, 0.25) is 0 Å². The van der Waals surface area contributed by atoms with E-state index in [1.54, 1.807) is 7.11 Å². The number of nitrogens with zero attached hydrogens (tertiary/aromatic N) is 1. The third-order valence-corrected chi connectivity index (χ3v) is 4.67. The van der Waals surface area contributed by atoms with E-state index >= 15 is 0 Å². The minimum absolute atomic E-state index is 0.0263. The molecule has 3 N–H and O–H groups in total. The summed E-state index contributed by atoms with van der Waals surface area (Å²) in [5.74, 6) is 2.80. The molecule has 2 rings (SSSR count). The van der Waals surface area contributed by atoms with Gasteiger partial charge in [0.1, 0.15) is 5.75 Å². The summed E-state index contributed by atoms with van der Waals surface area (Å²) in [5.41, 5.74) is 1.81. The average molecular weight is 430 g/mol. The number of aliphatic imine (C=N–C) groups is 1. The number of nitrogens with one attached hydrogen (secondary N) is 2. The van der Waals surface area contributed by atoms with Crippen LogP contribution in [0.25, 0.3) is 0 Å². The Hall–Kier alpha value is -2.93. The van der Waals surface area contributed by atoms with E-state index in [1.807, 2.05) is 63.2 Å². The molecule has 0 aliphatic rings. The van der Waals surface area contributed by atoms with E-state index in [0.717, 1.165) is 22.6 Å². The number of ether oxygens (including phenoxy) is 3. The van der Waals surface area contributed by atoms with Crippen LogP contribution >= 0.6 is 0 Å². The van der Waals surface area contributed by atoms with Crippen LogP contribution in [0.2, 0.25) is 0 Å². The fourth-order valence-electron chi connectivity index (χ4n) is 3.08. The molecule has 0 aromatic heterocycles. The van der Waals surface area contributed by atoms with Gasteiger partial charge in [0, 0.05) is 6.54 Å². The molecule has 0 fully saturated rings. The quantitative estimate of drug-likeness (QED) is 0.372. The molecular weight excluding hydrogens is 394 g/mol. The summed E-state index contributed by atoms with van der Waals surface area (Å²) in [5, 5.41) is 17.2. The molecule has 7 heteroatoms. The van der Waals surface area contributed by atoms with Gasteiger partial charge in [-0.3, -0.25) is 4.99 Å². The molecule has 0 saturated carbocycles. The van der Waals surface area contributed by atoms with Crippen LogP contribution in [-0.2, 0) is 0 Å². The average Bonchev–Trinajstić information content (AvgIpc) is 2.78. The Balaban J connectivity index is 2.11. The zero-order valence-electron chi connectivity index (χ0n) is 19.1. The van der Waals surface area contributed by atoms with Crippen molar-refractivity contribution in [3.8, 4) is 17.2 Å². The molecule has 170 valence electrons. The van der Waals surface area contributed by atoms with Gasteiger partial charge in [-0.05, 0) is 63.1 Å². The van der Waals surface area contributed by atoms with Crippen LogP contribution in [0.4, 0.5) is 0 Å². The van der Waals surface area contributed by atoms with E-state index in [-0.39, 0.29) is 12.6 Å². The van der Waals surface area contributed by atoms with Gasteiger partial charge in [0.25, 0.3) is 0 Å². The summed E-state index contributed by atoms with van der Waals surface area (Å²) < 4.78 is 16.6. The minimum Gasteiger partial charge on any atom is -0.497 e. The number of hydrogen-bond acceptors (Lipinski definition) is 5. The zero-order valence-corrected chi connectivity index (χ0v) is 19.1. The Kier molecular flexibility index (Phi) is 9.97. The van der Waals surface area contributed by atoms with E-state index in [0.29, 0.717) is 31.5 Å². The summed E-state index contributed by atoms with van der Waals surface area (Å²) in [6.07, 6.45) is -0.726. The summed E-state index contributed by atoms with van der Waals surface area (Å²) in [7, 11) is 1.61. The molecule has 7 nitrogen and oxygen atoms in total. The third-order valence-electron chi connectivity index (χ3n) is 4.67. The summed E-state index contributed by atoms with van der Waals surface area (Å²) in [6, 6.07) is 13.3. The summed E-state index contributed by atoms with van der Waals surface area (Å²) >= 11 is 0. The van der Waals surface area contributed by atoms with Crippen LogP contribution in [0.1, 0.15) is 51.0 Å². The molecule has 2 atom stereocenters.